The van der Waals surface area contributed by atoms with Crippen LogP contribution in [0.15, 0.2) is 12.1 Å². The van der Waals surface area contributed by atoms with Gasteiger partial charge in [0.15, 0.2) is 6.10 Å². The topological polar surface area (TPSA) is 52.6 Å². The molecule has 102 valence electrons. The second-order valence-corrected chi connectivity index (χ2v) is 4.75. The van der Waals surface area contributed by atoms with Crippen LogP contribution in [0.4, 0.5) is 0 Å². The van der Waals surface area contributed by atoms with Crippen molar-refractivity contribution in [1.82, 2.24) is 0 Å². The van der Waals surface area contributed by atoms with E-state index in [9.17, 15) is 9.59 Å². The SMILES string of the molecule is CCOc1cc(C)c(C(=O)C2CCC(=O)O2)cc1C. The van der Waals surface area contributed by atoms with Gasteiger partial charge < -0.3 is 9.47 Å². The molecule has 1 heterocycles. The first-order valence-corrected chi connectivity index (χ1v) is 6.50. The molecule has 0 aromatic heterocycles. The highest BCUT2D eigenvalue weighted by Gasteiger charge is 2.31. The lowest BCUT2D eigenvalue weighted by Gasteiger charge is -2.14. The average molecular weight is 262 g/mol. The molecule has 0 saturated carbocycles. The first kappa shape index (κ1) is 13.6. The van der Waals surface area contributed by atoms with Crippen molar-refractivity contribution in [3.8, 4) is 5.75 Å². The molecule has 1 aliphatic rings. The van der Waals surface area contributed by atoms with Crippen LogP contribution in [-0.2, 0) is 9.53 Å². The van der Waals surface area contributed by atoms with Gasteiger partial charge in [0.2, 0.25) is 5.78 Å². The molecule has 0 bridgehead atoms. The van der Waals surface area contributed by atoms with Crippen molar-refractivity contribution >= 4 is 11.8 Å². The number of carbonyl (C=O) groups is 2. The summed E-state index contributed by atoms with van der Waals surface area (Å²) in [6.45, 7) is 6.29. The van der Waals surface area contributed by atoms with Gasteiger partial charge in [-0.2, -0.15) is 0 Å². The molecular weight excluding hydrogens is 244 g/mol. The van der Waals surface area contributed by atoms with Crippen molar-refractivity contribution in [2.24, 2.45) is 0 Å². The Morgan fingerprint density at radius 3 is 2.68 bits per heavy atom. The maximum atomic E-state index is 12.3. The minimum Gasteiger partial charge on any atom is -0.494 e. The predicted octanol–water partition coefficient (Wildman–Crippen LogP) is 2.59. The smallest absolute Gasteiger partial charge is 0.306 e. The molecule has 1 aromatic rings. The fourth-order valence-electron chi connectivity index (χ4n) is 2.25. The third kappa shape index (κ3) is 2.78. The van der Waals surface area contributed by atoms with E-state index in [0.29, 0.717) is 25.0 Å². The number of ketones is 1. The highest BCUT2D eigenvalue weighted by Crippen LogP contribution is 2.26. The Morgan fingerprint density at radius 2 is 2.11 bits per heavy atom. The van der Waals surface area contributed by atoms with Gasteiger partial charge in [0.05, 0.1) is 6.61 Å². The van der Waals surface area contributed by atoms with Crippen LogP contribution in [-0.4, -0.2) is 24.5 Å². The number of benzene rings is 1. The Kier molecular flexibility index (Phi) is 3.88. The summed E-state index contributed by atoms with van der Waals surface area (Å²) < 4.78 is 10.5. The predicted molar refractivity (Wildman–Crippen MR) is 70.5 cm³/mol. The summed E-state index contributed by atoms with van der Waals surface area (Å²) in [5, 5.41) is 0. The highest BCUT2D eigenvalue weighted by atomic mass is 16.6. The summed E-state index contributed by atoms with van der Waals surface area (Å²) in [6, 6.07) is 3.68. The standard InChI is InChI=1S/C15H18O4/c1-4-18-13-8-9(2)11(7-10(13)3)15(17)12-5-6-14(16)19-12/h7-8,12H,4-6H2,1-3H3. The van der Waals surface area contributed by atoms with Gasteiger partial charge in [-0.3, -0.25) is 9.59 Å². The summed E-state index contributed by atoms with van der Waals surface area (Å²) >= 11 is 0. The van der Waals surface area contributed by atoms with E-state index in [-0.39, 0.29) is 11.8 Å². The Bertz CT molecular complexity index is 519. The second kappa shape index (κ2) is 5.43. The van der Waals surface area contributed by atoms with Crippen molar-refractivity contribution in [2.45, 2.75) is 39.7 Å². The van der Waals surface area contributed by atoms with E-state index >= 15 is 0 Å². The lowest BCUT2D eigenvalue weighted by molar-refractivity contribution is -0.140. The fraction of sp³-hybridized carbons (Fsp3) is 0.467. The molecule has 2 rings (SSSR count). The quantitative estimate of drug-likeness (QED) is 0.618. The number of esters is 1. The van der Waals surface area contributed by atoms with E-state index in [0.717, 1.165) is 16.9 Å². The van der Waals surface area contributed by atoms with Crippen LogP contribution in [0.1, 0.15) is 41.3 Å². The van der Waals surface area contributed by atoms with Crippen LogP contribution in [0.2, 0.25) is 0 Å². The first-order chi connectivity index (χ1) is 9.02. The minimum atomic E-state index is -0.622. The zero-order valence-corrected chi connectivity index (χ0v) is 11.5. The molecule has 1 fully saturated rings. The zero-order valence-electron chi connectivity index (χ0n) is 11.5. The highest BCUT2D eigenvalue weighted by molar-refractivity contribution is 6.02. The number of rotatable bonds is 4. The van der Waals surface area contributed by atoms with Crippen molar-refractivity contribution < 1.29 is 19.1 Å². The molecule has 4 heteroatoms. The second-order valence-electron chi connectivity index (χ2n) is 4.75. The molecule has 1 unspecified atom stereocenters. The molecule has 1 atom stereocenters. The molecule has 0 radical (unpaired) electrons. The van der Waals surface area contributed by atoms with Gasteiger partial charge in [0, 0.05) is 18.4 Å². The molecule has 4 nitrogen and oxygen atoms in total. The molecule has 0 amide bonds. The Hall–Kier alpha value is -1.84. The number of Topliss-reactive ketones (excluding diaryl/α,β-unsaturated/α-hetero) is 1. The van der Waals surface area contributed by atoms with Gasteiger partial charge in [-0.25, -0.2) is 0 Å². The van der Waals surface area contributed by atoms with Crippen LogP contribution in [0.3, 0.4) is 0 Å². The maximum Gasteiger partial charge on any atom is 0.306 e. The molecule has 0 spiro atoms. The summed E-state index contributed by atoms with van der Waals surface area (Å²) in [5.74, 6) is 0.383. The lowest BCUT2D eigenvalue weighted by atomic mass is 9.97. The van der Waals surface area contributed by atoms with E-state index in [4.69, 9.17) is 9.47 Å². The van der Waals surface area contributed by atoms with Gasteiger partial charge in [-0.1, -0.05) is 0 Å². The first-order valence-electron chi connectivity index (χ1n) is 6.50. The molecule has 19 heavy (non-hydrogen) atoms. The van der Waals surface area contributed by atoms with Crippen molar-refractivity contribution in [1.29, 1.82) is 0 Å². The van der Waals surface area contributed by atoms with Gasteiger partial charge in [0.25, 0.3) is 0 Å². The van der Waals surface area contributed by atoms with Gasteiger partial charge in [-0.15, -0.1) is 0 Å². The fourth-order valence-corrected chi connectivity index (χ4v) is 2.25. The summed E-state index contributed by atoms with van der Waals surface area (Å²) in [7, 11) is 0. The van der Waals surface area contributed by atoms with Crippen LogP contribution in [0.5, 0.6) is 5.75 Å². The van der Waals surface area contributed by atoms with Crippen molar-refractivity contribution in [3.63, 3.8) is 0 Å². The zero-order chi connectivity index (χ0) is 14.0. The number of cyclic esters (lactones) is 1. The number of hydrogen-bond acceptors (Lipinski definition) is 4. The van der Waals surface area contributed by atoms with Gasteiger partial charge in [0.1, 0.15) is 5.75 Å². The largest absolute Gasteiger partial charge is 0.494 e. The monoisotopic (exact) mass is 262 g/mol. The Labute approximate surface area is 112 Å². The van der Waals surface area contributed by atoms with E-state index in [1.165, 1.54) is 0 Å². The average Bonchev–Trinajstić information content (AvgIpc) is 2.79. The Morgan fingerprint density at radius 1 is 1.37 bits per heavy atom. The normalized spacial score (nSPS) is 18.3. The molecule has 1 saturated heterocycles. The molecular formula is C15H18O4. The summed E-state index contributed by atoms with van der Waals surface area (Å²) in [4.78, 5) is 23.4. The Balaban J connectivity index is 2.27. The summed E-state index contributed by atoms with van der Waals surface area (Å²) in [6.07, 6.45) is 0.179. The van der Waals surface area contributed by atoms with E-state index < -0.39 is 6.10 Å². The van der Waals surface area contributed by atoms with Gasteiger partial charge in [-0.05, 0) is 44.0 Å². The van der Waals surface area contributed by atoms with Crippen molar-refractivity contribution in [2.75, 3.05) is 6.61 Å². The summed E-state index contributed by atoms with van der Waals surface area (Å²) in [5.41, 5.74) is 2.38. The van der Waals surface area contributed by atoms with Crippen LogP contribution in [0, 0.1) is 13.8 Å². The number of carbonyl (C=O) groups excluding carboxylic acids is 2. The van der Waals surface area contributed by atoms with Gasteiger partial charge >= 0.3 is 5.97 Å². The molecule has 1 aromatic carbocycles. The lowest BCUT2D eigenvalue weighted by Crippen LogP contribution is -2.21. The van der Waals surface area contributed by atoms with Crippen LogP contribution >= 0.6 is 0 Å². The third-order valence-electron chi connectivity index (χ3n) is 3.26. The molecule has 1 aliphatic heterocycles. The van der Waals surface area contributed by atoms with E-state index in [2.05, 4.69) is 0 Å². The molecule has 0 N–H and O–H groups in total. The number of hydrogen-bond donors (Lipinski definition) is 0. The third-order valence-corrected chi connectivity index (χ3v) is 3.26. The van der Waals surface area contributed by atoms with E-state index in [1.54, 1.807) is 0 Å². The maximum absolute atomic E-state index is 12.3. The molecule has 0 aliphatic carbocycles. The van der Waals surface area contributed by atoms with Crippen molar-refractivity contribution in [3.05, 3.63) is 28.8 Å². The number of ether oxygens (including phenoxy) is 2. The van der Waals surface area contributed by atoms with E-state index in [1.807, 2.05) is 32.9 Å². The van der Waals surface area contributed by atoms with Crippen LogP contribution < -0.4 is 4.74 Å². The van der Waals surface area contributed by atoms with Crippen LogP contribution in [0.25, 0.3) is 0 Å². The minimum absolute atomic E-state index is 0.116. The number of aryl methyl sites for hydroxylation is 2.